The quantitative estimate of drug-likeness (QED) is 0.831. The number of pyridine rings is 1. The summed E-state index contributed by atoms with van der Waals surface area (Å²) in [6.07, 6.45) is 1.62. The fourth-order valence-electron chi connectivity index (χ4n) is 2.68. The first kappa shape index (κ1) is 15.5. The van der Waals surface area contributed by atoms with Gasteiger partial charge in [-0.05, 0) is 13.0 Å². The molecule has 23 heavy (non-hydrogen) atoms. The molecule has 122 valence electrons. The van der Waals surface area contributed by atoms with Crippen LogP contribution in [0.5, 0.6) is 0 Å². The van der Waals surface area contributed by atoms with Crippen LogP contribution >= 0.6 is 0 Å². The molecule has 2 aromatic rings. The lowest BCUT2D eigenvalue weighted by Crippen LogP contribution is -2.48. The van der Waals surface area contributed by atoms with E-state index in [0.717, 1.165) is 24.5 Å². The molecule has 1 aliphatic heterocycles. The van der Waals surface area contributed by atoms with Crippen molar-refractivity contribution in [3.63, 3.8) is 0 Å². The van der Waals surface area contributed by atoms with Gasteiger partial charge in [0, 0.05) is 57.1 Å². The second kappa shape index (κ2) is 6.37. The highest BCUT2D eigenvalue weighted by molar-refractivity contribution is 5.94. The van der Waals surface area contributed by atoms with Crippen molar-refractivity contribution >= 4 is 5.91 Å². The Bertz CT molecular complexity index is 757. The van der Waals surface area contributed by atoms with Gasteiger partial charge in [-0.15, -0.1) is 0 Å². The predicted molar refractivity (Wildman–Crippen MR) is 84.1 cm³/mol. The second-order valence-electron chi connectivity index (χ2n) is 5.87. The van der Waals surface area contributed by atoms with Gasteiger partial charge in [-0.2, -0.15) is 0 Å². The van der Waals surface area contributed by atoms with Crippen molar-refractivity contribution in [2.75, 3.05) is 26.2 Å². The van der Waals surface area contributed by atoms with Crippen molar-refractivity contribution in [3.8, 4) is 0 Å². The fourth-order valence-corrected chi connectivity index (χ4v) is 2.68. The molecule has 0 bridgehead atoms. The summed E-state index contributed by atoms with van der Waals surface area (Å²) in [6, 6.07) is 5.01. The van der Waals surface area contributed by atoms with Crippen LogP contribution in [0, 0.1) is 6.92 Å². The molecule has 3 heterocycles. The third kappa shape index (κ3) is 3.50. The van der Waals surface area contributed by atoms with Crippen LogP contribution in [0.25, 0.3) is 0 Å². The Morgan fingerprint density at radius 2 is 2.00 bits per heavy atom. The molecule has 2 aromatic heterocycles. The maximum absolute atomic E-state index is 12.5. The Kier molecular flexibility index (Phi) is 4.29. The van der Waals surface area contributed by atoms with Crippen LogP contribution in [-0.4, -0.2) is 51.6 Å². The number of hydrogen-bond donors (Lipinski definition) is 0. The van der Waals surface area contributed by atoms with Crippen LogP contribution in [0.15, 0.2) is 33.7 Å². The largest absolute Gasteiger partial charge is 0.360 e. The van der Waals surface area contributed by atoms with Gasteiger partial charge in [-0.3, -0.25) is 14.5 Å². The SMILES string of the molecule is Cc1cc(CN2CCN(C(=O)c3ccn(C)c(=O)c3)CC2)on1. The Morgan fingerprint density at radius 1 is 1.26 bits per heavy atom. The van der Waals surface area contributed by atoms with Gasteiger partial charge >= 0.3 is 0 Å². The van der Waals surface area contributed by atoms with Crippen LogP contribution in [0.2, 0.25) is 0 Å². The molecule has 1 saturated heterocycles. The summed E-state index contributed by atoms with van der Waals surface area (Å²) in [5, 5.41) is 3.88. The van der Waals surface area contributed by atoms with E-state index >= 15 is 0 Å². The summed E-state index contributed by atoms with van der Waals surface area (Å²) in [6.45, 7) is 5.43. The zero-order chi connectivity index (χ0) is 16.4. The fraction of sp³-hybridized carbons (Fsp3) is 0.438. The molecule has 0 spiro atoms. The lowest BCUT2D eigenvalue weighted by molar-refractivity contribution is 0.0617. The molecular weight excluding hydrogens is 296 g/mol. The number of aryl methyl sites for hydroxylation is 2. The third-order valence-corrected chi connectivity index (χ3v) is 4.07. The number of hydrogen-bond acceptors (Lipinski definition) is 5. The molecule has 0 saturated carbocycles. The summed E-state index contributed by atoms with van der Waals surface area (Å²) in [7, 11) is 1.67. The Balaban J connectivity index is 1.58. The maximum Gasteiger partial charge on any atom is 0.254 e. The molecular formula is C16H20N4O3. The topological polar surface area (TPSA) is 71.6 Å². The Labute approximate surface area is 134 Å². The van der Waals surface area contributed by atoms with E-state index in [2.05, 4.69) is 10.1 Å². The number of piperazine rings is 1. The van der Waals surface area contributed by atoms with Crippen molar-refractivity contribution in [2.45, 2.75) is 13.5 Å². The maximum atomic E-state index is 12.5. The van der Waals surface area contributed by atoms with E-state index in [1.165, 1.54) is 10.6 Å². The average molecular weight is 316 g/mol. The monoisotopic (exact) mass is 316 g/mol. The Hall–Kier alpha value is -2.41. The zero-order valence-corrected chi connectivity index (χ0v) is 13.4. The van der Waals surface area contributed by atoms with Crippen LogP contribution in [0.4, 0.5) is 0 Å². The average Bonchev–Trinajstić information content (AvgIpc) is 2.95. The smallest absolute Gasteiger partial charge is 0.254 e. The zero-order valence-electron chi connectivity index (χ0n) is 13.4. The van der Waals surface area contributed by atoms with E-state index < -0.39 is 0 Å². The summed E-state index contributed by atoms with van der Waals surface area (Å²) in [5.41, 5.74) is 1.15. The van der Waals surface area contributed by atoms with Gasteiger partial charge in [-0.1, -0.05) is 5.16 Å². The van der Waals surface area contributed by atoms with Crippen molar-refractivity contribution in [1.82, 2.24) is 19.5 Å². The van der Waals surface area contributed by atoms with Gasteiger partial charge in [0.2, 0.25) is 0 Å². The van der Waals surface area contributed by atoms with E-state index in [0.29, 0.717) is 25.2 Å². The van der Waals surface area contributed by atoms with Crippen molar-refractivity contribution in [3.05, 3.63) is 51.8 Å². The van der Waals surface area contributed by atoms with E-state index in [1.54, 1.807) is 24.2 Å². The highest BCUT2D eigenvalue weighted by atomic mass is 16.5. The van der Waals surface area contributed by atoms with E-state index in [-0.39, 0.29) is 11.5 Å². The van der Waals surface area contributed by atoms with E-state index in [4.69, 9.17) is 4.52 Å². The Morgan fingerprint density at radius 3 is 2.61 bits per heavy atom. The van der Waals surface area contributed by atoms with Gasteiger partial charge in [0.05, 0.1) is 12.2 Å². The summed E-state index contributed by atoms with van der Waals surface area (Å²) < 4.78 is 6.68. The lowest BCUT2D eigenvalue weighted by Gasteiger charge is -2.34. The molecule has 7 heteroatoms. The normalized spacial score (nSPS) is 15.8. The van der Waals surface area contributed by atoms with E-state index in [9.17, 15) is 9.59 Å². The first-order valence-electron chi connectivity index (χ1n) is 7.63. The van der Waals surface area contributed by atoms with Gasteiger partial charge < -0.3 is 14.0 Å². The van der Waals surface area contributed by atoms with Crippen LogP contribution < -0.4 is 5.56 Å². The molecule has 0 unspecified atom stereocenters. The molecule has 1 amide bonds. The first-order valence-corrected chi connectivity index (χ1v) is 7.63. The van der Waals surface area contributed by atoms with E-state index in [1.807, 2.05) is 13.0 Å². The minimum Gasteiger partial charge on any atom is -0.360 e. The second-order valence-corrected chi connectivity index (χ2v) is 5.87. The summed E-state index contributed by atoms with van der Waals surface area (Å²) >= 11 is 0. The number of amides is 1. The number of rotatable bonds is 3. The lowest BCUT2D eigenvalue weighted by atomic mass is 10.2. The minimum absolute atomic E-state index is 0.0853. The molecule has 7 nitrogen and oxygen atoms in total. The van der Waals surface area contributed by atoms with Gasteiger partial charge in [0.15, 0.2) is 5.76 Å². The highest BCUT2D eigenvalue weighted by Crippen LogP contribution is 2.11. The predicted octanol–water partition coefficient (Wildman–Crippen LogP) is 0.640. The van der Waals surface area contributed by atoms with Crippen LogP contribution in [0.3, 0.4) is 0 Å². The highest BCUT2D eigenvalue weighted by Gasteiger charge is 2.23. The first-order chi connectivity index (χ1) is 11.0. The van der Waals surface area contributed by atoms with Gasteiger partial charge in [0.1, 0.15) is 0 Å². The van der Waals surface area contributed by atoms with Crippen LogP contribution in [-0.2, 0) is 13.6 Å². The van der Waals surface area contributed by atoms with Crippen molar-refractivity contribution < 1.29 is 9.32 Å². The molecule has 0 radical (unpaired) electrons. The molecule has 0 aliphatic carbocycles. The van der Waals surface area contributed by atoms with Gasteiger partial charge in [0.25, 0.3) is 11.5 Å². The molecule has 1 aliphatic rings. The molecule has 0 N–H and O–H groups in total. The van der Waals surface area contributed by atoms with Crippen molar-refractivity contribution in [2.24, 2.45) is 7.05 Å². The summed E-state index contributed by atoms with van der Waals surface area (Å²) in [5.74, 6) is 0.756. The number of nitrogens with zero attached hydrogens (tertiary/aromatic N) is 4. The van der Waals surface area contributed by atoms with Gasteiger partial charge in [-0.25, -0.2) is 0 Å². The molecule has 0 aromatic carbocycles. The standard InChI is InChI=1S/C16H20N4O3/c1-12-9-14(23-17-12)11-19-5-7-20(8-6-19)16(22)13-3-4-18(2)15(21)10-13/h3-4,9-10H,5-8,11H2,1-2H3. The number of aromatic nitrogens is 2. The van der Waals surface area contributed by atoms with Crippen molar-refractivity contribution in [1.29, 1.82) is 0 Å². The molecule has 3 rings (SSSR count). The molecule has 1 fully saturated rings. The minimum atomic E-state index is -0.171. The number of carbonyl (C=O) groups is 1. The summed E-state index contributed by atoms with van der Waals surface area (Å²) in [4.78, 5) is 28.1. The number of carbonyl (C=O) groups excluding carboxylic acids is 1. The van der Waals surface area contributed by atoms with Crippen LogP contribution in [0.1, 0.15) is 21.8 Å². The third-order valence-electron chi connectivity index (χ3n) is 4.07. The molecule has 0 atom stereocenters.